The van der Waals surface area contributed by atoms with Gasteiger partial charge in [-0.25, -0.2) is 4.79 Å². The number of rotatable bonds is 2. The van der Waals surface area contributed by atoms with E-state index < -0.39 is 5.97 Å². The number of hydrogen-bond donors (Lipinski definition) is 2. The van der Waals surface area contributed by atoms with E-state index in [1.54, 1.807) is 31.2 Å². The number of nitrogens with two attached hydrogens (primary N) is 2. The number of esters is 1. The van der Waals surface area contributed by atoms with Gasteiger partial charge in [0.25, 0.3) is 0 Å². The number of hydrogen-bond acceptors (Lipinski definition) is 4. The van der Waals surface area contributed by atoms with Gasteiger partial charge < -0.3 is 16.2 Å². The molecule has 0 atom stereocenters. The lowest BCUT2D eigenvalue weighted by molar-refractivity contribution is -0.129. The monoisotopic (exact) mass is 242 g/mol. The van der Waals surface area contributed by atoms with Gasteiger partial charge in [-0.1, -0.05) is 18.7 Å². The quantitative estimate of drug-likeness (QED) is 0.367. The number of benzene rings is 2. The number of carbonyl (C=O) groups excluding carboxylic acids is 1. The predicted octanol–water partition coefficient (Wildman–Crippen LogP) is 2.49. The van der Waals surface area contributed by atoms with E-state index in [1.165, 1.54) is 0 Å². The Balaban J connectivity index is 2.56. The fourth-order valence-electron chi connectivity index (χ4n) is 1.65. The Bertz CT molecular complexity index is 648. The summed E-state index contributed by atoms with van der Waals surface area (Å²) in [4.78, 5) is 11.5. The third-order valence-electron chi connectivity index (χ3n) is 2.65. The molecular weight excluding hydrogens is 228 g/mol. The molecule has 0 saturated heterocycles. The summed E-state index contributed by atoms with van der Waals surface area (Å²) in [6.07, 6.45) is 0. The van der Waals surface area contributed by atoms with Crippen molar-refractivity contribution in [1.82, 2.24) is 0 Å². The maximum atomic E-state index is 11.5. The van der Waals surface area contributed by atoms with Gasteiger partial charge in [-0.3, -0.25) is 0 Å². The van der Waals surface area contributed by atoms with Crippen LogP contribution in [0.5, 0.6) is 5.75 Å². The highest BCUT2D eigenvalue weighted by atomic mass is 16.5. The van der Waals surface area contributed by atoms with Crippen LogP contribution in [-0.2, 0) is 4.79 Å². The Morgan fingerprint density at radius 1 is 1.17 bits per heavy atom. The van der Waals surface area contributed by atoms with Crippen molar-refractivity contribution in [3.63, 3.8) is 0 Å². The summed E-state index contributed by atoms with van der Waals surface area (Å²) >= 11 is 0. The minimum Gasteiger partial charge on any atom is -0.423 e. The van der Waals surface area contributed by atoms with Gasteiger partial charge in [-0.05, 0) is 25.1 Å². The molecule has 0 radical (unpaired) electrons. The molecule has 4 N–H and O–H groups in total. The van der Waals surface area contributed by atoms with Crippen molar-refractivity contribution in [3.05, 3.63) is 42.5 Å². The van der Waals surface area contributed by atoms with Crippen LogP contribution >= 0.6 is 0 Å². The molecule has 0 aliphatic rings. The van der Waals surface area contributed by atoms with Crippen molar-refractivity contribution in [2.75, 3.05) is 11.5 Å². The first-order chi connectivity index (χ1) is 8.50. The van der Waals surface area contributed by atoms with E-state index in [4.69, 9.17) is 16.2 Å². The van der Waals surface area contributed by atoms with Gasteiger partial charge in [-0.2, -0.15) is 0 Å². The maximum absolute atomic E-state index is 11.5. The Kier molecular flexibility index (Phi) is 2.93. The summed E-state index contributed by atoms with van der Waals surface area (Å²) in [5, 5.41) is 1.51. The highest BCUT2D eigenvalue weighted by molar-refractivity contribution is 6.02. The van der Waals surface area contributed by atoms with E-state index in [0.29, 0.717) is 22.7 Å². The molecule has 2 rings (SSSR count). The lowest BCUT2D eigenvalue weighted by Gasteiger charge is -2.10. The second-order valence-corrected chi connectivity index (χ2v) is 4.09. The Labute approximate surface area is 105 Å². The molecule has 2 aromatic rings. The van der Waals surface area contributed by atoms with Crippen LogP contribution in [0, 0.1) is 0 Å². The molecule has 2 aromatic carbocycles. The van der Waals surface area contributed by atoms with Gasteiger partial charge in [-0.15, -0.1) is 0 Å². The van der Waals surface area contributed by atoms with E-state index >= 15 is 0 Å². The molecule has 4 nitrogen and oxygen atoms in total. The smallest absolute Gasteiger partial charge is 0.338 e. The summed E-state index contributed by atoms with van der Waals surface area (Å²) in [6.45, 7) is 5.14. The van der Waals surface area contributed by atoms with E-state index in [2.05, 4.69) is 6.58 Å². The van der Waals surface area contributed by atoms with E-state index in [1.807, 2.05) is 6.07 Å². The SMILES string of the molecule is C=C(C)C(=O)Oc1cccc2c(N)c(N)ccc12. The first-order valence-electron chi connectivity index (χ1n) is 5.45. The standard InChI is InChI=1S/C14H14N2O2/c1-8(2)14(17)18-12-5-3-4-10-9(12)6-7-11(15)13(10)16/h3-7H,1,15-16H2,2H3. The largest absolute Gasteiger partial charge is 0.423 e. The fourth-order valence-corrected chi connectivity index (χ4v) is 1.65. The first kappa shape index (κ1) is 12.0. The van der Waals surface area contributed by atoms with Crippen molar-refractivity contribution in [1.29, 1.82) is 0 Å². The zero-order valence-corrected chi connectivity index (χ0v) is 10.1. The molecule has 4 heteroatoms. The first-order valence-corrected chi connectivity index (χ1v) is 5.45. The second kappa shape index (κ2) is 4.41. The normalized spacial score (nSPS) is 10.3. The van der Waals surface area contributed by atoms with E-state index in [0.717, 1.165) is 10.8 Å². The summed E-state index contributed by atoms with van der Waals surface area (Å²) in [7, 11) is 0. The third kappa shape index (κ3) is 2.00. The number of anilines is 2. The molecular formula is C14H14N2O2. The molecule has 92 valence electrons. The molecule has 0 fully saturated rings. The summed E-state index contributed by atoms with van der Waals surface area (Å²) in [6, 6.07) is 8.77. The van der Waals surface area contributed by atoms with Crippen molar-refractivity contribution in [2.24, 2.45) is 0 Å². The average Bonchev–Trinajstić information content (AvgIpc) is 2.34. The van der Waals surface area contributed by atoms with Crippen molar-refractivity contribution < 1.29 is 9.53 Å². The molecule has 0 spiro atoms. The molecule has 18 heavy (non-hydrogen) atoms. The van der Waals surface area contributed by atoms with Crippen LogP contribution in [0.4, 0.5) is 11.4 Å². The van der Waals surface area contributed by atoms with E-state index in [9.17, 15) is 4.79 Å². The minimum atomic E-state index is -0.460. The summed E-state index contributed by atoms with van der Waals surface area (Å²) in [5.74, 6) is -0.00917. The number of ether oxygens (including phenoxy) is 1. The van der Waals surface area contributed by atoms with Crippen LogP contribution in [0.1, 0.15) is 6.92 Å². The second-order valence-electron chi connectivity index (χ2n) is 4.09. The average molecular weight is 242 g/mol. The third-order valence-corrected chi connectivity index (χ3v) is 2.65. The van der Waals surface area contributed by atoms with Crippen LogP contribution in [0.25, 0.3) is 10.8 Å². The van der Waals surface area contributed by atoms with Gasteiger partial charge >= 0.3 is 5.97 Å². The lowest BCUT2D eigenvalue weighted by Crippen LogP contribution is -2.08. The minimum absolute atomic E-state index is 0.343. The van der Waals surface area contributed by atoms with Crippen LogP contribution in [0.3, 0.4) is 0 Å². The molecule has 0 bridgehead atoms. The summed E-state index contributed by atoms with van der Waals surface area (Å²) < 4.78 is 5.25. The Hall–Kier alpha value is -2.49. The highest BCUT2D eigenvalue weighted by Gasteiger charge is 2.10. The van der Waals surface area contributed by atoms with E-state index in [-0.39, 0.29) is 0 Å². The van der Waals surface area contributed by atoms with Gasteiger partial charge in [0.2, 0.25) is 0 Å². The van der Waals surface area contributed by atoms with Gasteiger partial charge in [0.15, 0.2) is 0 Å². The van der Waals surface area contributed by atoms with Crippen LogP contribution < -0.4 is 16.2 Å². The van der Waals surface area contributed by atoms with Crippen molar-refractivity contribution in [3.8, 4) is 5.75 Å². The van der Waals surface area contributed by atoms with Crippen LogP contribution in [0.15, 0.2) is 42.5 Å². The molecule has 0 amide bonds. The Morgan fingerprint density at radius 3 is 2.56 bits per heavy atom. The molecule has 0 unspecified atom stereocenters. The number of nitrogen functional groups attached to an aromatic ring is 2. The maximum Gasteiger partial charge on any atom is 0.338 e. The zero-order valence-electron chi connectivity index (χ0n) is 10.1. The molecule has 0 aliphatic carbocycles. The van der Waals surface area contributed by atoms with Crippen LogP contribution in [-0.4, -0.2) is 5.97 Å². The van der Waals surface area contributed by atoms with Gasteiger partial charge in [0.1, 0.15) is 5.75 Å². The number of fused-ring (bicyclic) bond motifs is 1. The van der Waals surface area contributed by atoms with Crippen molar-refractivity contribution in [2.45, 2.75) is 6.92 Å². The van der Waals surface area contributed by atoms with Crippen molar-refractivity contribution >= 4 is 28.1 Å². The lowest BCUT2D eigenvalue weighted by atomic mass is 10.1. The molecule has 0 heterocycles. The fraction of sp³-hybridized carbons (Fsp3) is 0.0714. The van der Waals surface area contributed by atoms with Crippen LogP contribution in [0.2, 0.25) is 0 Å². The van der Waals surface area contributed by atoms with Gasteiger partial charge in [0, 0.05) is 16.3 Å². The molecule has 0 aliphatic heterocycles. The van der Waals surface area contributed by atoms with Gasteiger partial charge in [0.05, 0.1) is 11.4 Å². The topological polar surface area (TPSA) is 78.3 Å². The molecule has 0 saturated carbocycles. The highest BCUT2D eigenvalue weighted by Crippen LogP contribution is 2.32. The predicted molar refractivity (Wildman–Crippen MR) is 73.2 cm³/mol. The molecule has 0 aromatic heterocycles. The summed E-state index contributed by atoms with van der Waals surface area (Å²) in [5.41, 5.74) is 13.0. The zero-order chi connectivity index (χ0) is 13.3. The number of carbonyl (C=O) groups is 1. The Morgan fingerprint density at radius 2 is 1.89 bits per heavy atom.